The number of hydrogen-bond acceptors (Lipinski definition) is 3. The van der Waals surface area contributed by atoms with Gasteiger partial charge in [0.1, 0.15) is 0 Å². The molecule has 0 aliphatic heterocycles. The Hall–Kier alpha value is -1.49. The largest absolute Gasteiger partial charge is 0.355 e. The maximum atomic E-state index is 11.6. The monoisotopic (exact) mass is 294 g/mol. The third-order valence-corrected chi connectivity index (χ3v) is 3.17. The van der Waals surface area contributed by atoms with Crippen LogP contribution < -0.4 is 10.6 Å². The summed E-state index contributed by atoms with van der Waals surface area (Å²) in [5.41, 5.74) is 1.11. The molecular formula is C15H22N2O2S. The predicted molar refractivity (Wildman–Crippen MR) is 83.6 cm³/mol. The highest BCUT2D eigenvalue weighted by Gasteiger charge is 2.01. The number of rotatable bonds is 9. The van der Waals surface area contributed by atoms with Crippen molar-refractivity contribution < 1.29 is 9.59 Å². The molecule has 0 saturated carbocycles. The van der Waals surface area contributed by atoms with Crippen LogP contribution in [0.15, 0.2) is 30.3 Å². The van der Waals surface area contributed by atoms with Crippen LogP contribution in [-0.4, -0.2) is 24.1 Å². The summed E-state index contributed by atoms with van der Waals surface area (Å²) >= 11 is 3.87. The summed E-state index contributed by atoms with van der Waals surface area (Å²) in [6, 6.07) is 9.86. The van der Waals surface area contributed by atoms with E-state index >= 15 is 0 Å². The van der Waals surface area contributed by atoms with Gasteiger partial charge in [-0.05, 0) is 18.4 Å². The number of hydrogen-bond donors (Lipinski definition) is 3. The lowest BCUT2D eigenvalue weighted by Gasteiger charge is -2.06. The number of benzene rings is 1. The summed E-state index contributed by atoms with van der Waals surface area (Å²) < 4.78 is 0. The molecule has 4 nitrogen and oxygen atoms in total. The number of nitrogens with one attached hydrogen (secondary N) is 2. The van der Waals surface area contributed by atoms with Crippen molar-refractivity contribution in [3.8, 4) is 0 Å². The Kier molecular flexibility index (Phi) is 8.54. The van der Waals surface area contributed by atoms with Crippen molar-refractivity contribution in [3.05, 3.63) is 35.9 Å². The molecule has 0 unspecified atom stereocenters. The number of unbranched alkanes of at least 4 members (excludes halogenated alkanes) is 2. The van der Waals surface area contributed by atoms with Crippen molar-refractivity contribution in [3.63, 3.8) is 0 Å². The first kappa shape index (κ1) is 16.6. The molecule has 0 aromatic heterocycles. The van der Waals surface area contributed by atoms with Gasteiger partial charge in [-0.25, -0.2) is 0 Å². The van der Waals surface area contributed by atoms with Gasteiger partial charge in [-0.15, -0.1) is 0 Å². The number of thiol groups is 1. The lowest BCUT2D eigenvalue weighted by Crippen LogP contribution is -2.25. The normalized spacial score (nSPS) is 10.1. The second-order valence-corrected chi connectivity index (χ2v) is 4.90. The van der Waals surface area contributed by atoms with Crippen LogP contribution in [0.1, 0.15) is 31.2 Å². The number of carbonyl (C=O) groups excluding carboxylic acids is 2. The lowest BCUT2D eigenvalue weighted by molar-refractivity contribution is -0.121. The van der Waals surface area contributed by atoms with Crippen LogP contribution in [0, 0.1) is 0 Å². The van der Waals surface area contributed by atoms with E-state index in [-0.39, 0.29) is 17.6 Å². The minimum atomic E-state index is -0.0473. The Labute approximate surface area is 125 Å². The van der Waals surface area contributed by atoms with Crippen LogP contribution >= 0.6 is 12.6 Å². The van der Waals surface area contributed by atoms with E-state index in [1.165, 1.54) is 0 Å². The minimum Gasteiger partial charge on any atom is -0.355 e. The molecule has 0 spiro atoms. The van der Waals surface area contributed by atoms with E-state index in [1.807, 2.05) is 30.3 Å². The molecular weight excluding hydrogens is 272 g/mol. The molecule has 110 valence electrons. The molecule has 0 fully saturated rings. The first-order valence-electron chi connectivity index (χ1n) is 6.90. The first-order valence-corrected chi connectivity index (χ1v) is 7.54. The Morgan fingerprint density at radius 1 is 0.950 bits per heavy atom. The van der Waals surface area contributed by atoms with Gasteiger partial charge >= 0.3 is 0 Å². The minimum absolute atomic E-state index is 0.0473. The smallest absolute Gasteiger partial charge is 0.229 e. The van der Waals surface area contributed by atoms with Crippen molar-refractivity contribution in [1.29, 1.82) is 0 Å². The molecule has 0 heterocycles. The molecule has 2 N–H and O–H groups in total. The van der Waals surface area contributed by atoms with E-state index < -0.39 is 0 Å². The number of carbonyl (C=O) groups is 2. The SMILES string of the molecule is O=C(CS)NCCCCCC(=O)NCc1ccccc1. The van der Waals surface area contributed by atoms with Gasteiger partial charge in [0.25, 0.3) is 0 Å². The fourth-order valence-corrected chi connectivity index (χ4v) is 1.87. The Morgan fingerprint density at radius 2 is 1.70 bits per heavy atom. The zero-order chi connectivity index (χ0) is 14.6. The highest BCUT2D eigenvalue weighted by Crippen LogP contribution is 2.01. The first-order chi connectivity index (χ1) is 9.72. The lowest BCUT2D eigenvalue weighted by atomic mass is 10.2. The van der Waals surface area contributed by atoms with Gasteiger partial charge < -0.3 is 10.6 Å². The average molecular weight is 294 g/mol. The molecule has 0 aliphatic rings. The Bertz CT molecular complexity index is 410. The van der Waals surface area contributed by atoms with E-state index in [0.29, 0.717) is 19.5 Å². The average Bonchev–Trinajstić information content (AvgIpc) is 2.49. The highest BCUT2D eigenvalue weighted by molar-refractivity contribution is 7.81. The molecule has 0 bridgehead atoms. The predicted octanol–water partition coefficient (Wildman–Crippen LogP) is 1.91. The van der Waals surface area contributed by atoms with Gasteiger partial charge in [-0.1, -0.05) is 36.8 Å². The second kappa shape index (κ2) is 10.3. The zero-order valence-corrected chi connectivity index (χ0v) is 12.5. The molecule has 0 aliphatic carbocycles. The van der Waals surface area contributed by atoms with Crippen LogP contribution in [0.4, 0.5) is 0 Å². The molecule has 0 atom stereocenters. The van der Waals surface area contributed by atoms with Gasteiger partial charge in [0, 0.05) is 19.5 Å². The van der Waals surface area contributed by atoms with Crippen molar-refractivity contribution in [1.82, 2.24) is 10.6 Å². The van der Waals surface area contributed by atoms with Gasteiger partial charge in [0.15, 0.2) is 0 Å². The van der Waals surface area contributed by atoms with Crippen molar-refractivity contribution >= 4 is 24.4 Å². The summed E-state index contributed by atoms with van der Waals surface area (Å²) in [6.45, 7) is 1.24. The van der Waals surface area contributed by atoms with Gasteiger partial charge in [-0.2, -0.15) is 12.6 Å². The van der Waals surface area contributed by atoms with Crippen LogP contribution in [0.2, 0.25) is 0 Å². The Balaban J connectivity index is 1.99. The van der Waals surface area contributed by atoms with Crippen LogP contribution in [0.5, 0.6) is 0 Å². The van der Waals surface area contributed by atoms with E-state index in [4.69, 9.17) is 0 Å². The third-order valence-electron chi connectivity index (χ3n) is 2.88. The molecule has 1 rings (SSSR count). The molecule has 5 heteroatoms. The highest BCUT2D eigenvalue weighted by atomic mass is 32.1. The van der Waals surface area contributed by atoms with E-state index in [0.717, 1.165) is 24.8 Å². The van der Waals surface area contributed by atoms with Gasteiger partial charge in [-0.3, -0.25) is 9.59 Å². The Morgan fingerprint density at radius 3 is 2.40 bits per heavy atom. The second-order valence-electron chi connectivity index (χ2n) is 4.58. The van der Waals surface area contributed by atoms with Gasteiger partial charge in [0.05, 0.1) is 5.75 Å². The molecule has 0 saturated heterocycles. The summed E-state index contributed by atoms with van der Waals surface area (Å²) in [6.07, 6.45) is 3.21. The van der Waals surface area contributed by atoms with E-state index in [2.05, 4.69) is 23.3 Å². The standard InChI is InChI=1S/C15H22N2O2S/c18-14(17-11-13-7-3-1-4-8-13)9-5-2-6-10-16-15(19)12-20/h1,3-4,7-8,20H,2,5-6,9-12H2,(H,16,19)(H,17,18). The van der Waals surface area contributed by atoms with Crippen LogP contribution in [0.3, 0.4) is 0 Å². The molecule has 0 radical (unpaired) electrons. The van der Waals surface area contributed by atoms with Gasteiger partial charge in [0.2, 0.25) is 11.8 Å². The summed E-state index contributed by atoms with van der Waals surface area (Å²) in [4.78, 5) is 22.5. The fraction of sp³-hybridized carbons (Fsp3) is 0.467. The summed E-state index contributed by atoms with van der Waals surface area (Å²) in [5.74, 6) is 0.254. The summed E-state index contributed by atoms with van der Waals surface area (Å²) in [5, 5.41) is 5.65. The molecule has 2 amide bonds. The maximum absolute atomic E-state index is 11.6. The fourth-order valence-electron chi connectivity index (χ4n) is 1.76. The van der Waals surface area contributed by atoms with Crippen molar-refractivity contribution in [2.24, 2.45) is 0 Å². The molecule has 1 aromatic carbocycles. The zero-order valence-electron chi connectivity index (χ0n) is 11.6. The van der Waals surface area contributed by atoms with Crippen molar-refractivity contribution in [2.45, 2.75) is 32.2 Å². The van der Waals surface area contributed by atoms with E-state index in [9.17, 15) is 9.59 Å². The van der Waals surface area contributed by atoms with Crippen LogP contribution in [-0.2, 0) is 16.1 Å². The topological polar surface area (TPSA) is 58.2 Å². The third kappa shape index (κ3) is 7.84. The quantitative estimate of drug-likeness (QED) is 0.481. The number of amides is 2. The maximum Gasteiger partial charge on any atom is 0.229 e. The summed E-state index contributed by atoms with van der Waals surface area (Å²) in [7, 11) is 0. The molecule has 20 heavy (non-hydrogen) atoms. The molecule has 1 aromatic rings. The van der Waals surface area contributed by atoms with Crippen LogP contribution in [0.25, 0.3) is 0 Å². The van der Waals surface area contributed by atoms with E-state index in [1.54, 1.807) is 0 Å². The van der Waals surface area contributed by atoms with Crippen molar-refractivity contribution in [2.75, 3.05) is 12.3 Å².